The average molecular weight is 220 g/mol. The van der Waals surface area contributed by atoms with Crippen LogP contribution in [-0.2, 0) is 4.74 Å². The van der Waals surface area contributed by atoms with E-state index >= 15 is 0 Å². The fourth-order valence-electron chi connectivity index (χ4n) is 1.83. The highest BCUT2D eigenvalue weighted by atomic mass is 19.1. The van der Waals surface area contributed by atoms with Crippen LogP contribution in [-0.4, -0.2) is 19.3 Å². The van der Waals surface area contributed by atoms with Gasteiger partial charge in [-0.1, -0.05) is 0 Å². The second kappa shape index (κ2) is 4.95. The van der Waals surface area contributed by atoms with Gasteiger partial charge < -0.3 is 10.1 Å². The molecule has 0 aliphatic carbocycles. The van der Waals surface area contributed by atoms with Crippen LogP contribution < -0.4 is 5.32 Å². The molecule has 0 radical (unpaired) electrons. The Bertz CT molecular complexity index is 408. The summed E-state index contributed by atoms with van der Waals surface area (Å²) >= 11 is 0. The van der Waals surface area contributed by atoms with Crippen LogP contribution in [0.4, 0.5) is 10.1 Å². The van der Waals surface area contributed by atoms with E-state index in [0.29, 0.717) is 17.9 Å². The molecule has 1 unspecified atom stereocenters. The van der Waals surface area contributed by atoms with Crippen molar-refractivity contribution in [2.45, 2.75) is 18.9 Å². The number of hydrogen-bond donors (Lipinski definition) is 1. The van der Waals surface area contributed by atoms with Gasteiger partial charge in [0.15, 0.2) is 0 Å². The first kappa shape index (κ1) is 10.9. The maximum Gasteiger partial charge on any atom is 0.126 e. The third-order valence-corrected chi connectivity index (χ3v) is 2.56. The van der Waals surface area contributed by atoms with Crippen LogP contribution in [0.15, 0.2) is 18.2 Å². The van der Waals surface area contributed by atoms with Crippen LogP contribution in [0.3, 0.4) is 0 Å². The summed E-state index contributed by atoms with van der Waals surface area (Å²) in [5, 5.41) is 11.9. The van der Waals surface area contributed by atoms with Crippen molar-refractivity contribution in [2.24, 2.45) is 0 Å². The van der Waals surface area contributed by atoms with Crippen molar-refractivity contribution in [1.29, 1.82) is 5.26 Å². The fourth-order valence-corrected chi connectivity index (χ4v) is 1.83. The van der Waals surface area contributed by atoms with Gasteiger partial charge in [0, 0.05) is 18.3 Å². The molecule has 0 aromatic heterocycles. The van der Waals surface area contributed by atoms with E-state index in [4.69, 9.17) is 10.00 Å². The number of halogens is 1. The summed E-state index contributed by atoms with van der Waals surface area (Å²) in [5.41, 5.74) is 0.978. The first-order valence-corrected chi connectivity index (χ1v) is 5.33. The summed E-state index contributed by atoms with van der Waals surface area (Å²) in [5.74, 6) is -0.390. The summed E-state index contributed by atoms with van der Waals surface area (Å²) in [6, 6.07) is 6.42. The van der Waals surface area contributed by atoms with Crippen molar-refractivity contribution in [3.8, 4) is 6.07 Å². The van der Waals surface area contributed by atoms with Gasteiger partial charge in [-0.3, -0.25) is 0 Å². The number of rotatable bonds is 2. The molecular formula is C12H13FN2O. The maximum absolute atomic E-state index is 13.1. The predicted octanol–water partition coefficient (Wildman–Crippen LogP) is 2.29. The lowest BCUT2D eigenvalue weighted by Gasteiger charge is -2.24. The molecule has 0 amide bonds. The zero-order chi connectivity index (χ0) is 11.4. The molecule has 1 aromatic carbocycles. The zero-order valence-corrected chi connectivity index (χ0v) is 8.87. The Hall–Kier alpha value is -1.60. The lowest BCUT2D eigenvalue weighted by atomic mass is 10.1. The van der Waals surface area contributed by atoms with Crippen LogP contribution in [0.5, 0.6) is 0 Å². The quantitative estimate of drug-likeness (QED) is 0.831. The number of hydrogen-bond acceptors (Lipinski definition) is 3. The van der Waals surface area contributed by atoms with Gasteiger partial charge in [-0.2, -0.15) is 5.26 Å². The predicted molar refractivity (Wildman–Crippen MR) is 58.6 cm³/mol. The van der Waals surface area contributed by atoms with Crippen molar-refractivity contribution in [1.82, 2.24) is 0 Å². The highest BCUT2D eigenvalue weighted by Gasteiger charge is 2.13. The number of nitriles is 1. The molecule has 4 heteroatoms. The Morgan fingerprint density at radius 3 is 3.00 bits per heavy atom. The summed E-state index contributed by atoms with van der Waals surface area (Å²) in [7, 11) is 0. The lowest BCUT2D eigenvalue weighted by molar-refractivity contribution is 0.0876. The molecule has 0 bridgehead atoms. The van der Waals surface area contributed by atoms with Crippen molar-refractivity contribution in [3.05, 3.63) is 29.6 Å². The summed E-state index contributed by atoms with van der Waals surface area (Å²) in [6.45, 7) is 1.43. The molecule has 1 aromatic rings. The Kier molecular flexibility index (Phi) is 3.37. The van der Waals surface area contributed by atoms with Gasteiger partial charge in [-0.05, 0) is 31.0 Å². The van der Waals surface area contributed by atoms with E-state index in [1.54, 1.807) is 6.07 Å². The third kappa shape index (κ3) is 2.71. The van der Waals surface area contributed by atoms with E-state index in [2.05, 4.69) is 5.32 Å². The summed E-state index contributed by atoms with van der Waals surface area (Å²) in [4.78, 5) is 0. The zero-order valence-electron chi connectivity index (χ0n) is 8.87. The SMILES string of the molecule is N#Cc1cc(F)cc(NC2CCCOC2)c1. The van der Waals surface area contributed by atoms with Gasteiger partial charge in [0.2, 0.25) is 0 Å². The minimum atomic E-state index is -0.390. The molecule has 1 heterocycles. The first-order valence-electron chi connectivity index (χ1n) is 5.33. The van der Waals surface area contributed by atoms with Gasteiger partial charge in [-0.25, -0.2) is 4.39 Å². The molecule has 1 aliphatic heterocycles. The standard InChI is InChI=1S/C12H13FN2O/c13-10-4-9(7-14)5-12(6-10)15-11-2-1-3-16-8-11/h4-6,11,15H,1-3,8H2. The summed E-state index contributed by atoms with van der Waals surface area (Å²) in [6.07, 6.45) is 2.02. The Morgan fingerprint density at radius 2 is 2.31 bits per heavy atom. The van der Waals surface area contributed by atoms with E-state index in [-0.39, 0.29) is 6.04 Å². The van der Waals surface area contributed by atoms with Crippen molar-refractivity contribution in [3.63, 3.8) is 0 Å². The normalized spacial score (nSPS) is 20.1. The molecule has 0 saturated carbocycles. The monoisotopic (exact) mass is 220 g/mol. The fraction of sp³-hybridized carbons (Fsp3) is 0.417. The molecule has 1 fully saturated rings. The third-order valence-electron chi connectivity index (χ3n) is 2.56. The van der Waals surface area contributed by atoms with Gasteiger partial charge >= 0.3 is 0 Å². The molecule has 1 aliphatic rings. The van der Waals surface area contributed by atoms with E-state index in [9.17, 15) is 4.39 Å². The van der Waals surface area contributed by atoms with Crippen LogP contribution in [0.25, 0.3) is 0 Å². The number of nitrogens with one attached hydrogen (secondary N) is 1. The van der Waals surface area contributed by atoms with Crippen molar-refractivity contribution < 1.29 is 9.13 Å². The van der Waals surface area contributed by atoms with E-state index < -0.39 is 5.82 Å². The number of nitrogens with zero attached hydrogens (tertiary/aromatic N) is 1. The maximum atomic E-state index is 13.1. The van der Waals surface area contributed by atoms with Crippen LogP contribution in [0, 0.1) is 17.1 Å². The van der Waals surface area contributed by atoms with Crippen LogP contribution >= 0.6 is 0 Å². The second-order valence-corrected chi connectivity index (χ2v) is 3.90. The molecule has 16 heavy (non-hydrogen) atoms. The second-order valence-electron chi connectivity index (χ2n) is 3.90. The highest BCUT2D eigenvalue weighted by Crippen LogP contribution is 2.17. The minimum Gasteiger partial charge on any atom is -0.380 e. The Morgan fingerprint density at radius 1 is 1.44 bits per heavy atom. The largest absolute Gasteiger partial charge is 0.380 e. The van der Waals surface area contributed by atoms with Gasteiger partial charge in [0.1, 0.15) is 5.82 Å². The highest BCUT2D eigenvalue weighted by molar-refractivity contribution is 5.50. The van der Waals surface area contributed by atoms with E-state index in [0.717, 1.165) is 19.4 Å². The Labute approximate surface area is 93.8 Å². The van der Waals surface area contributed by atoms with E-state index in [1.165, 1.54) is 12.1 Å². The van der Waals surface area contributed by atoms with Gasteiger partial charge in [-0.15, -0.1) is 0 Å². The van der Waals surface area contributed by atoms with E-state index in [1.807, 2.05) is 6.07 Å². The van der Waals surface area contributed by atoms with Crippen LogP contribution in [0.1, 0.15) is 18.4 Å². The average Bonchev–Trinajstić information content (AvgIpc) is 2.29. The first-order chi connectivity index (χ1) is 7.78. The molecule has 2 rings (SSSR count). The number of ether oxygens (including phenoxy) is 1. The van der Waals surface area contributed by atoms with Crippen molar-refractivity contribution in [2.75, 3.05) is 18.5 Å². The lowest BCUT2D eigenvalue weighted by Crippen LogP contribution is -2.29. The molecule has 1 atom stereocenters. The minimum absolute atomic E-state index is 0.210. The molecule has 0 spiro atoms. The molecule has 1 N–H and O–H groups in total. The molecule has 1 saturated heterocycles. The van der Waals surface area contributed by atoms with Crippen LogP contribution in [0.2, 0.25) is 0 Å². The topological polar surface area (TPSA) is 45.0 Å². The molecule has 84 valence electrons. The number of anilines is 1. The molecular weight excluding hydrogens is 207 g/mol. The summed E-state index contributed by atoms with van der Waals surface area (Å²) < 4.78 is 18.5. The van der Waals surface area contributed by atoms with Crippen molar-refractivity contribution >= 4 is 5.69 Å². The van der Waals surface area contributed by atoms with Gasteiger partial charge in [0.25, 0.3) is 0 Å². The smallest absolute Gasteiger partial charge is 0.126 e. The van der Waals surface area contributed by atoms with Gasteiger partial charge in [0.05, 0.1) is 18.2 Å². The number of benzene rings is 1. The molecule has 3 nitrogen and oxygen atoms in total. The Balaban J connectivity index is 2.08.